The molecular weight excluding hydrogens is 585 g/mol. The van der Waals surface area contributed by atoms with Crippen molar-refractivity contribution < 1.29 is 27.8 Å². The highest BCUT2D eigenvalue weighted by Crippen LogP contribution is 2.41. The lowest BCUT2D eigenvalue weighted by molar-refractivity contribution is -0.119. The zero-order chi connectivity index (χ0) is 31.3. The van der Waals surface area contributed by atoms with Crippen molar-refractivity contribution in [2.45, 2.75) is 57.2 Å². The summed E-state index contributed by atoms with van der Waals surface area (Å²) in [6.07, 6.45) is 4.13. The number of phenols is 1. The first-order chi connectivity index (χ1) is 21.7. The van der Waals surface area contributed by atoms with Crippen LogP contribution < -0.4 is 15.4 Å². The summed E-state index contributed by atoms with van der Waals surface area (Å²) in [6.45, 7) is 4.22. The summed E-state index contributed by atoms with van der Waals surface area (Å²) in [5.74, 6) is -0.783. The molecule has 0 spiro atoms. The molecule has 0 radical (unpaired) electrons. The van der Waals surface area contributed by atoms with Crippen molar-refractivity contribution in [1.29, 1.82) is 0 Å². The van der Waals surface area contributed by atoms with Gasteiger partial charge in [-0.15, -0.1) is 0 Å². The molecule has 1 amide bonds. The maximum Gasteiger partial charge on any atom is 0.319 e. The molecular formula is C33H35F3N6O3. The molecule has 2 aromatic heterocycles. The number of ether oxygens (including phenoxy) is 1. The molecule has 0 aliphatic carbocycles. The Morgan fingerprint density at radius 1 is 1.24 bits per heavy atom. The van der Waals surface area contributed by atoms with Crippen molar-refractivity contribution in [2.75, 3.05) is 38.1 Å². The lowest BCUT2D eigenvalue weighted by Crippen LogP contribution is -2.43. The topological polar surface area (TPSA) is 112 Å². The monoisotopic (exact) mass is 620 g/mol. The van der Waals surface area contributed by atoms with Gasteiger partial charge in [0.2, 0.25) is 5.91 Å². The Morgan fingerprint density at radius 3 is 2.91 bits per heavy atom. The number of nitrogens with zero attached hydrogens (tertiary/aromatic N) is 4. The number of aryl methyl sites for hydroxylation is 1. The number of aromatic nitrogens is 3. The number of nitrogens with one attached hydrogen (secondary N) is 2. The maximum absolute atomic E-state index is 16.6. The summed E-state index contributed by atoms with van der Waals surface area (Å²) in [6, 6.07) is 5.72. The number of carbonyl (C=O) groups excluding carboxylic acids is 1. The largest absolute Gasteiger partial charge is 0.508 e. The lowest BCUT2D eigenvalue weighted by atomic mass is 9.94. The zero-order valence-electron chi connectivity index (χ0n) is 25.0. The lowest BCUT2D eigenvalue weighted by Gasteiger charge is -2.30. The number of aromatic hydroxyl groups is 1. The van der Waals surface area contributed by atoms with Gasteiger partial charge in [0.25, 0.3) is 0 Å². The quantitative estimate of drug-likeness (QED) is 0.232. The number of phenolic OH excluding ortho intramolecular Hbond substituents is 1. The number of halogens is 3. The van der Waals surface area contributed by atoms with Gasteiger partial charge >= 0.3 is 6.01 Å². The standard InChI is InChI=1S/C33H35F3N6O3/c1-2-22-25(35)5-4-19-11-21(43)12-23(27(19)22)29-28(36)30-24(15-39-29)31(37-8-6-18-10-26(44)38-14-18)41-32(40-30)45-17-33-7-3-9-42(33)16-20(34)13-33/h4-5,11-12,15,18,20,43H,2-3,6-10,13-14,16-17H2,1H3,(H,38,44)(H,37,40,41)/t18?,20-,33+/m1/s1. The number of hydrogen-bond donors (Lipinski definition) is 3. The van der Waals surface area contributed by atoms with Crippen LogP contribution in [0.15, 0.2) is 30.5 Å². The third-order valence-electron chi connectivity index (χ3n) is 9.56. The van der Waals surface area contributed by atoms with E-state index in [-0.39, 0.29) is 47.0 Å². The normalized spacial score (nSPS) is 23.2. The van der Waals surface area contributed by atoms with Gasteiger partial charge in [0.1, 0.15) is 41.4 Å². The van der Waals surface area contributed by atoms with Crippen molar-refractivity contribution in [3.05, 3.63) is 47.7 Å². The van der Waals surface area contributed by atoms with Gasteiger partial charge in [-0.3, -0.25) is 14.7 Å². The van der Waals surface area contributed by atoms with Gasteiger partial charge in [-0.25, -0.2) is 13.2 Å². The van der Waals surface area contributed by atoms with E-state index in [4.69, 9.17) is 4.74 Å². The third kappa shape index (κ3) is 5.38. The summed E-state index contributed by atoms with van der Waals surface area (Å²) in [7, 11) is 0. The summed E-state index contributed by atoms with van der Waals surface area (Å²) in [5.41, 5.74) is 0.0466. The summed E-state index contributed by atoms with van der Waals surface area (Å²) >= 11 is 0. The van der Waals surface area contributed by atoms with Crippen molar-refractivity contribution >= 4 is 33.4 Å². The van der Waals surface area contributed by atoms with Gasteiger partial charge in [-0.05, 0) is 72.7 Å². The highest BCUT2D eigenvalue weighted by Gasteiger charge is 2.49. The van der Waals surface area contributed by atoms with E-state index in [1.807, 2.05) is 6.92 Å². The molecule has 3 N–H and O–H groups in total. The number of anilines is 1. The minimum Gasteiger partial charge on any atom is -0.508 e. The Bertz CT molecular complexity index is 1810. The fourth-order valence-corrected chi connectivity index (χ4v) is 7.37. The second-order valence-corrected chi connectivity index (χ2v) is 12.5. The summed E-state index contributed by atoms with van der Waals surface area (Å²) in [5, 5.41) is 18.0. The maximum atomic E-state index is 16.6. The second kappa shape index (κ2) is 11.6. The first-order valence-electron chi connectivity index (χ1n) is 15.6. The van der Waals surface area contributed by atoms with E-state index in [2.05, 4.69) is 30.5 Å². The molecule has 45 heavy (non-hydrogen) atoms. The first kappa shape index (κ1) is 29.5. The molecule has 3 aliphatic rings. The van der Waals surface area contributed by atoms with Crippen LogP contribution in [0.25, 0.3) is 32.9 Å². The van der Waals surface area contributed by atoms with Gasteiger partial charge in [0, 0.05) is 44.2 Å². The van der Waals surface area contributed by atoms with Crippen molar-refractivity contribution in [2.24, 2.45) is 5.92 Å². The number of hydrogen-bond acceptors (Lipinski definition) is 8. The number of pyridine rings is 1. The molecule has 4 aromatic rings. The zero-order valence-corrected chi connectivity index (χ0v) is 25.0. The fraction of sp³-hybridized carbons (Fsp3) is 0.455. The van der Waals surface area contributed by atoms with Crippen LogP contribution in [-0.4, -0.2) is 75.4 Å². The third-order valence-corrected chi connectivity index (χ3v) is 9.56. The molecule has 7 rings (SSSR count). The summed E-state index contributed by atoms with van der Waals surface area (Å²) in [4.78, 5) is 27.3. The van der Waals surface area contributed by atoms with Crippen LogP contribution in [0.1, 0.15) is 44.6 Å². The number of alkyl halides is 1. The fourth-order valence-electron chi connectivity index (χ4n) is 7.37. The molecule has 3 atom stereocenters. The van der Waals surface area contributed by atoms with Crippen molar-refractivity contribution in [3.63, 3.8) is 0 Å². The van der Waals surface area contributed by atoms with E-state index in [1.165, 1.54) is 24.4 Å². The number of rotatable bonds is 9. The van der Waals surface area contributed by atoms with E-state index >= 15 is 4.39 Å². The van der Waals surface area contributed by atoms with Crippen LogP contribution in [-0.2, 0) is 11.2 Å². The molecule has 2 aromatic carbocycles. The Balaban J connectivity index is 1.29. The number of carbonyl (C=O) groups is 1. The van der Waals surface area contributed by atoms with Gasteiger partial charge in [0.15, 0.2) is 5.82 Å². The van der Waals surface area contributed by atoms with Gasteiger partial charge in [-0.1, -0.05) is 13.0 Å². The molecule has 9 nitrogen and oxygen atoms in total. The van der Waals surface area contributed by atoms with Gasteiger partial charge < -0.3 is 20.5 Å². The highest BCUT2D eigenvalue weighted by molar-refractivity contribution is 6.01. The average Bonchev–Trinajstić information content (AvgIpc) is 3.69. The van der Waals surface area contributed by atoms with E-state index in [0.717, 1.165) is 19.4 Å². The molecule has 5 heterocycles. The molecule has 236 valence electrons. The van der Waals surface area contributed by atoms with Crippen LogP contribution in [0.3, 0.4) is 0 Å². The van der Waals surface area contributed by atoms with Crippen molar-refractivity contribution in [1.82, 2.24) is 25.2 Å². The smallest absolute Gasteiger partial charge is 0.319 e. The van der Waals surface area contributed by atoms with Gasteiger partial charge in [0.05, 0.1) is 10.9 Å². The molecule has 3 aliphatic heterocycles. The minimum atomic E-state index is -0.929. The van der Waals surface area contributed by atoms with Gasteiger partial charge in [-0.2, -0.15) is 9.97 Å². The minimum absolute atomic E-state index is 0.0234. The van der Waals surface area contributed by atoms with E-state index in [0.29, 0.717) is 72.9 Å². The van der Waals surface area contributed by atoms with Crippen molar-refractivity contribution in [3.8, 4) is 23.0 Å². The second-order valence-electron chi connectivity index (χ2n) is 12.5. The van der Waals surface area contributed by atoms with E-state index in [1.54, 1.807) is 6.07 Å². The van der Waals surface area contributed by atoms with E-state index < -0.39 is 23.3 Å². The van der Waals surface area contributed by atoms with Crippen LogP contribution in [0.2, 0.25) is 0 Å². The highest BCUT2D eigenvalue weighted by atomic mass is 19.1. The predicted molar refractivity (Wildman–Crippen MR) is 164 cm³/mol. The molecule has 3 fully saturated rings. The van der Waals surface area contributed by atoms with E-state index in [9.17, 15) is 18.7 Å². The summed E-state index contributed by atoms with van der Waals surface area (Å²) < 4.78 is 52.0. The number of amides is 1. The molecule has 0 bridgehead atoms. The average molecular weight is 621 g/mol. The number of benzene rings is 2. The Labute approximate surface area is 258 Å². The molecule has 0 saturated carbocycles. The molecule has 12 heteroatoms. The molecule has 3 saturated heterocycles. The van der Waals surface area contributed by atoms with Crippen LogP contribution in [0.4, 0.5) is 19.0 Å². The predicted octanol–water partition coefficient (Wildman–Crippen LogP) is 5.28. The SMILES string of the molecule is CCc1c(F)ccc2cc(O)cc(-c3ncc4c(NCCC5CNC(=O)C5)nc(OC[C@@]56CCCN5C[C@H](F)C6)nc4c3F)c12. The van der Waals surface area contributed by atoms with Crippen LogP contribution in [0.5, 0.6) is 11.8 Å². The number of fused-ring (bicyclic) bond motifs is 3. The Morgan fingerprint density at radius 2 is 2.11 bits per heavy atom. The Kier molecular flexibility index (Phi) is 7.63. The Hall–Kier alpha value is -4.19. The molecule has 1 unspecified atom stereocenters. The van der Waals surface area contributed by atoms with Crippen LogP contribution >= 0.6 is 0 Å². The first-order valence-corrected chi connectivity index (χ1v) is 15.6. The van der Waals surface area contributed by atoms with Crippen LogP contribution in [0, 0.1) is 17.6 Å².